The molecule has 26 heavy (non-hydrogen) atoms. The molecular weight excluding hydrogens is 349 g/mol. The van der Waals surface area contributed by atoms with Crippen LogP contribution in [0.5, 0.6) is 0 Å². The quantitative estimate of drug-likeness (QED) is 0.887. The average molecular weight is 372 g/mol. The van der Waals surface area contributed by atoms with Gasteiger partial charge in [-0.05, 0) is 38.8 Å². The molecule has 1 atom stereocenters. The lowest BCUT2D eigenvalue weighted by molar-refractivity contribution is -0.250. The number of aryl methyl sites for hydroxylation is 1. The smallest absolute Gasteiger partial charge is 0.373 e. The maximum atomic E-state index is 12.8. The van der Waals surface area contributed by atoms with Crippen LogP contribution in [0.1, 0.15) is 25.3 Å². The highest BCUT2D eigenvalue weighted by molar-refractivity contribution is 5.94. The Morgan fingerprint density at radius 1 is 1.15 bits per heavy atom. The fourth-order valence-electron chi connectivity index (χ4n) is 2.93. The third-order valence-corrected chi connectivity index (χ3v) is 4.85. The number of halogens is 3. The summed E-state index contributed by atoms with van der Waals surface area (Å²) in [7, 11) is 1.65. The number of piperidine rings is 1. The molecule has 1 aromatic carbocycles. The van der Waals surface area contributed by atoms with Crippen molar-refractivity contribution in [3.05, 3.63) is 29.8 Å². The normalized spacial score (nSPS) is 18.3. The minimum atomic E-state index is -5.04. The molecule has 0 saturated carbocycles. The molecule has 0 aliphatic carbocycles. The molecule has 1 heterocycles. The van der Waals surface area contributed by atoms with Crippen molar-refractivity contribution in [3.8, 4) is 0 Å². The zero-order valence-corrected chi connectivity index (χ0v) is 15.0. The fourth-order valence-corrected chi connectivity index (χ4v) is 2.93. The lowest BCUT2D eigenvalue weighted by Crippen LogP contribution is -2.57. The van der Waals surface area contributed by atoms with Crippen molar-refractivity contribution < 1.29 is 27.9 Å². The SMILES string of the molecule is Cc1ccc(N(C)C(=O)C2CCN(C(=O)[C@@](C)(O)C(F)(F)F)CC2)cc1. The van der Waals surface area contributed by atoms with Crippen molar-refractivity contribution >= 4 is 17.5 Å². The Hall–Kier alpha value is -2.09. The Morgan fingerprint density at radius 2 is 1.65 bits per heavy atom. The molecular formula is C18H23F3N2O3. The van der Waals surface area contributed by atoms with Gasteiger partial charge in [0.2, 0.25) is 11.5 Å². The van der Waals surface area contributed by atoms with E-state index in [0.717, 1.165) is 16.2 Å². The molecule has 2 amide bonds. The van der Waals surface area contributed by atoms with Crippen molar-refractivity contribution in [2.75, 3.05) is 25.0 Å². The van der Waals surface area contributed by atoms with Gasteiger partial charge in [0.25, 0.3) is 5.91 Å². The maximum Gasteiger partial charge on any atom is 0.426 e. The number of rotatable bonds is 3. The van der Waals surface area contributed by atoms with Gasteiger partial charge in [0, 0.05) is 31.7 Å². The highest BCUT2D eigenvalue weighted by Crippen LogP contribution is 2.33. The standard InChI is InChI=1S/C18H23F3N2O3/c1-12-4-6-14(7-5-12)22(3)15(24)13-8-10-23(11-9-13)16(25)17(2,26)18(19,20)21/h4-7,13,26H,8-11H2,1-3H3/t17-/m1/s1. The topological polar surface area (TPSA) is 60.9 Å². The predicted octanol–water partition coefficient (Wildman–Crippen LogP) is 2.51. The minimum absolute atomic E-state index is 0.00318. The summed E-state index contributed by atoms with van der Waals surface area (Å²) in [6.45, 7) is 2.40. The number of anilines is 1. The highest BCUT2D eigenvalue weighted by atomic mass is 19.4. The molecule has 0 bridgehead atoms. The van der Waals surface area contributed by atoms with Crippen LogP contribution in [0, 0.1) is 12.8 Å². The third-order valence-electron chi connectivity index (χ3n) is 4.85. The first kappa shape index (κ1) is 20.2. The largest absolute Gasteiger partial charge is 0.426 e. The molecule has 0 unspecified atom stereocenters. The molecule has 5 nitrogen and oxygen atoms in total. The van der Waals surface area contributed by atoms with Crippen molar-refractivity contribution in [1.29, 1.82) is 0 Å². The summed E-state index contributed by atoms with van der Waals surface area (Å²) in [4.78, 5) is 27.1. The summed E-state index contributed by atoms with van der Waals surface area (Å²) in [5.74, 6) is -1.88. The van der Waals surface area contributed by atoms with Crippen LogP contribution in [0.3, 0.4) is 0 Å². The third kappa shape index (κ3) is 4.00. The monoisotopic (exact) mass is 372 g/mol. The summed E-state index contributed by atoms with van der Waals surface area (Å²) < 4.78 is 38.4. The molecule has 1 aromatic rings. The Labute approximate surface area is 150 Å². The molecule has 1 aliphatic rings. The van der Waals surface area contributed by atoms with E-state index in [9.17, 15) is 27.9 Å². The van der Waals surface area contributed by atoms with E-state index >= 15 is 0 Å². The Kier molecular flexibility index (Phi) is 5.65. The van der Waals surface area contributed by atoms with E-state index < -0.39 is 17.7 Å². The van der Waals surface area contributed by atoms with Gasteiger partial charge in [0.05, 0.1) is 0 Å². The molecule has 2 rings (SSSR count). The van der Waals surface area contributed by atoms with Crippen LogP contribution in [0.4, 0.5) is 18.9 Å². The number of carbonyl (C=O) groups excluding carboxylic acids is 2. The van der Waals surface area contributed by atoms with Crippen molar-refractivity contribution in [3.63, 3.8) is 0 Å². The molecule has 1 fully saturated rings. The molecule has 0 spiro atoms. The number of hydrogen-bond acceptors (Lipinski definition) is 3. The highest BCUT2D eigenvalue weighted by Gasteiger charge is 2.57. The van der Waals surface area contributed by atoms with Gasteiger partial charge in [-0.25, -0.2) is 0 Å². The second-order valence-corrected chi connectivity index (χ2v) is 6.87. The molecule has 0 aromatic heterocycles. The van der Waals surface area contributed by atoms with Gasteiger partial charge in [0.15, 0.2) is 0 Å². The number of alkyl halides is 3. The van der Waals surface area contributed by atoms with Crippen LogP contribution < -0.4 is 4.90 Å². The second-order valence-electron chi connectivity index (χ2n) is 6.87. The number of hydrogen-bond donors (Lipinski definition) is 1. The number of likely N-dealkylation sites (tertiary alicyclic amines) is 1. The van der Waals surface area contributed by atoms with E-state index in [2.05, 4.69) is 0 Å². The van der Waals surface area contributed by atoms with E-state index in [1.54, 1.807) is 7.05 Å². The molecule has 144 valence electrons. The molecule has 1 aliphatic heterocycles. The van der Waals surface area contributed by atoms with Gasteiger partial charge in [-0.15, -0.1) is 0 Å². The number of aliphatic hydroxyl groups is 1. The zero-order chi connectivity index (χ0) is 19.7. The van der Waals surface area contributed by atoms with Gasteiger partial charge < -0.3 is 14.9 Å². The molecule has 0 radical (unpaired) electrons. The summed E-state index contributed by atoms with van der Waals surface area (Å²) in [6, 6.07) is 7.43. The summed E-state index contributed by atoms with van der Waals surface area (Å²) >= 11 is 0. The molecule has 1 saturated heterocycles. The lowest BCUT2D eigenvalue weighted by Gasteiger charge is -2.37. The van der Waals surface area contributed by atoms with Crippen molar-refractivity contribution in [1.82, 2.24) is 4.90 Å². The Morgan fingerprint density at radius 3 is 2.12 bits per heavy atom. The first-order valence-corrected chi connectivity index (χ1v) is 8.38. The lowest BCUT2D eigenvalue weighted by atomic mass is 9.93. The average Bonchev–Trinajstić information content (AvgIpc) is 2.59. The van der Waals surface area contributed by atoms with Gasteiger partial charge in [-0.2, -0.15) is 13.2 Å². The minimum Gasteiger partial charge on any atom is -0.373 e. The second kappa shape index (κ2) is 7.26. The van der Waals surface area contributed by atoms with Gasteiger partial charge in [0.1, 0.15) is 0 Å². The van der Waals surface area contributed by atoms with E-state index in [-0.39, 0.29) is 37.8 Å². The zero-order valence-electron chi connectivity index (χ0n) is 15.0. The van der Waals surface area contributed by atoms with Crippen molar-refractivity contribution in [2.45, 2.75) is 38.5 Å². The Bertz CT molecular complexity index is 663. The first-order valence-electron chi connectivity index (χ1n) is 8.38. The number of benzene rings is 1. The van der Waals surface area contributed by atoms with Crippen LogP contribution in [-0.4, -0.2) is 53.7 Å². The van der Waals surface area contributed by atoms with Crippen molar-refractivity contribution in [2.24, 2.45) is 5.92 Å². The van der Waals surface area contributed by atoms with Gasteiger partial charge >= 0.3 is 6.18 Å². The van der Waals surface area contributed by atoms with Crippen LogP contribution in [0.2, 0.25) is 0 Å². The summed E-state index contributed by atoms with van der Waals surface area (Å²) in [5, 5.41) is 9.51. The van der Waals surface area contributed by atoms with E-state index in [4.69, 9.17) is 0 Å². The van der Waals surface area contributed by atoms with Crippen LogP contribution in [0.25, 0.3) is 0 Å². The van der Waals surface area contributed by atoms with E-state index in [1.807, 2.05) is 31.2 Å². The van der Waals surface area contributed by atoms with Crippen LogP contribution in [0.15, 0.2) is 24.3 Å². The Balaban J connectivity index is 1.98. The summed E-state index contributed by atoms with van der Waals surface area (Å²) in [5.41, 5.74) is -1.61. The fraction of sp³-hybridized carbons (Fsp3) is 0.556. The van der Waals surface area contributed by atoms with Crippen LogP contribution in [-0.2, 0) is 9.59 Å². The van der Waals surface area contributed by atoms with Gasteiger partial charge in [-0.3, -0.25) is 9.59 Å². The molecule has 1 N–H and O–H groups in total. The molecule has 8 heteroatoms. The van der Waals surface area contributed by atoms with E-state index in [1.165, 1.54) is 4.90 Å². The van der Waals surface area contributed by atoms with E-state index in [0.29, 0.717) is 6.92 Å². The maximum absolute atomic E-state index is 12.8. The first-order chi connectivity index (χ1) is 11.9. The number of carbonyl (C=O) groups is 2. The number of nitrogens with zero attached hydrogens (tertiary/aromatic N) is 2. The summed E-state index contributed by atoms with van der Waals surface area (Å²) in [6.07, 6.45) is -4.52. The predicted molar refractivity (Wildman–Crippen MR) is 90.6 cm³/mol. The van der Waals surface area contributed by atoms with Gasteiger partial charge in [-0.1, -0.05) is 17.7 Å². The van der Waals surface area contributed by atoms with Crippen LogP contribution >= 0.6 is 0 Å². The number of amides is 2.